The van der Waals surface area contributed by atoms with E-state index in [0.717, 1.165) is 30.3 Å². The minimum Gasteiger partial charge on any atom is -0.397 e. The van der Waals surface area contributed by atoms with Crippen molar-refractivity contribution >= 4 is 11.5 Å². The summed E-state index contributed by atoms with van der Waals surface area (Å²) in [6, 6.07) is 3.83. The number of nitrogen functional groups attached to an aromatic ring is 1. The average Bonchev–Trinajstić information content (AvgIpc) is 2.75. The van der Waals surface area contributed by atoms with Crippen molar-refractivity contribution in [2.24, 2.45) is 0 Å². The normalized spacial score (nSPS) is 24.3. The first-order valence-corrected chi connectivity index (χ1v) is 5.69. The second kappa shape index (κ2) is 4.89. The first-order valence-electron chi connectivity index (χ1n) is 5.69. The summed E-state index contributed by atoms with van der Waals surface area (Å²) in [4.78, 5) is 6.64. The van der Waals surface area contributed by atoms with E-state index < -0.39 is 0 Å². The van der Waals surface area contributed by atoms with Crippen LogP contribution in [0, 0.1) is 6.92 Å². The van der Waals surface area contributed by atoms with Gasteiger partial charge in [-0.05, 0) is 19.1 Å². The lowest BCUT2D eigenvalue weighted by Crippen LogP contribution is -2.27. The number of hydrogen-bond acceptors (Lipinski definition) is 5. The summed E-state index contributed by atoms with van der Waals surface area (Å²) in [7, 11) is 3.42. The second-order valence-electron chi connectivity index (χ2n) is 4.30. The van der Waals surface area contributed by atoms with Crippen LogP contribution >= 0.6 is 0 Å². The molecule has 1 fully saturated rings. The number of ether oxygens (including phenoxy) is 2. The maximum Gasteiger partial charge on any atom is 0.129 e. The Hall–Kier alpha value is -1.33. The van der Waals surface area contributed by atoms with Gasteiger partial charge >= 0.3 is 0 Å². The summed E-state index contributed by atoms with van der Waals surface area (Å²) < 4.78 is 10.8. The molecule has 1 aliphatic heterocycles. The van der Waals surface area contributed by atoms with E-state index in [-0.39, 0.29) is 12.2 Å². The first-order chi connectivity index (χ1) is 8.15. The smallest absolute Gasteiger partial charge is 0.129 e. The predicted octanol–water partition coefficient (Wildman–Crippen LogP) is 0.822. The molecule has 2 atom stereocenters. The van der Waals surface area contributed by atoms with E-state index in [0.29, 0.717) is 0 Å². The zero-order valence-electron chi connectivity index (χ0n) is 10.5. The fourth-order valence-corrected chi connectivity index (χ4v) is 2.12. The lowest BCUT2D eigenvalue weighted by Gasteiger charge is -2.17. The van der Waals surface area contributed by atoms with Gasteiger partial charge < -0.3 is 20.1 Å². The fraction of sp³-hybridized carbons (Fsp3) is 0.583. The Balaban J connectivity index is 2.16. The average molecular weight is 237 g/mol. The largest absolute Gasteiger partial charge is 0.397 e. The molecule has 1 aromatic rings. The summed E-state index contributed by atoms with van der Waals surface area (Å²) in [5.41, 5.74) is 7.34. The van der Waals surface area contributed by atoms with Gasteiger partial charge in [0, 0.05) is 27.3 Å². The highest BCUT2D eigenvalue weighted by atomic mass is 16.5. The van der Waals surface area contributed by atoms with E-state index in [2.05, 4.69) is 9.88 Å². The van der Waals surface area contributed by atoms with Crippen LogP contribution in [0.5, 0.6) is 0 Å². The number of aryl methyl sites for hydroxylation is 1. The molecular weight excluding hydrogens is 218 g/mol. The van der Waals surface area contributed by atoms with Gasteiger partial charge in [0.05, 0.1) is 11.4 Å². The zero-order valence-corrected chi connectivity index (χ0v) is 10.5. The number of pyridine rings is 1. The Morgan fingerprint density at radius 2 is 1.82 bits per heavy atom. The van der Waals surface area contributed by atoms with Crippen molar-refractivity contribution in [3.05, 3.63) is 17.8 Å². The molecule has 94 valence electrons. The van der Waals surface area contributed by atoms with Gasteiger partial charge in [-0.1, -0.05) is 0 Å². The molecule has 2 rings (SSSR count). The van der Waals surface area contributed by atoms with Crippen LogP contribution < -0.4 is 10.6 Å². The standard InChI is InChI=1S/C12H19N3O2/c1-8-9(13)4-5-12(14-8)15-6-10(16-2)11(7-15)17-3/h4-5,10-11H,6-7,13H2,1-3H3. The summed E-state index contributed by atoms with van der Waals surface area (Å²) in [6.45, 7) is 3.51. The van der Waals surface area contributed by atoms with Crippen molar-refractivity contribution in [2.45, 2.75) is 19.1 Å². The molecule has 2 N–H and O–H groups in total. The maximum atomic E-state index is 5.76. The van der Waals surface area contributed by atoms with E-state index in [1.165, 1.54) is 0 Å². The van der Waals surface area contributed by atoms with Gasteiger partial charge in [-0.25, -0.2) is 4.98 Å². The van der Waals surface area contributed by atoms with Crippen molar-refractivity contribution in [3.63, 3.8) is 0 Å². The van der Waals surface area contributed by atoms with Crippen LogP contribution in [0.25, 0.3) is 0 Å². The molecule has 2 heterocycles. The Morgan fingerprint density at radius 1 is 1.24 bits per heavy atom. The highest BCUT2D eigenvalue weighted by molar-refractivity contribution is 5.51. The number of hydrogen-bond donors (Lipinski definition) is 1. The molecule has 0 bridgehead atoms. The molecule has 0 aromatic carbocycles. The number of methoxy groups -OCH3 is 2. The highest BCUT2D eigenvalue weighted by Crippen LogP contribution is 2.23. The molecule has 1 saturated heterocycles. The van der Waals surface area contributed by atoms with Crippen LogP contribution in [0.2, 0.25) is 0 Å². The van der Waals surface area contributed by atoms with Crippen LogP contribution in [-0.4, -0.2) is 44.5 Å². The Morgan fingerprint density at radius 3 is 2.29 bits per heavy atom. The van der Waals surface area contributed by atoms with Gasteiger partial charge in [0.15, 0.2) is 0 Å². The zero-order chi connectivity index (χ0) is 12.4. The lowest BCUT2D eigenvalue weighted by molar-refractivity contribution is -0.00461. The summed E-state index contributed by atoms with van der Waals surface area (Å²) >= 11 is 0. The molecule has 0 saturated carbocycles. The van der Waals surface area contributed by atoms with Crippen LogP contribution in [0.3, 0.4) is 0 Å². The number of rotatable bonds is 3. The molecule has 1 aromatic heterocycles. The molecule has 2 unspecified atom stereocenters. The molecule has 0 radical (unpaired) electrons. The van der Waals surface area contributed by atoms with Crippen molar-refractivity contribution in [3.8, 4) is 0 Å². The lowest BCUT2D eigenvalue weighted by atomic mass is 10.3. The summed E-state index contributed by atoms with van der Waals surface area (Å²) in [6.07, 6.45) is 0.194. The van der Waals surface area contributed by atoms with Gasteiger partial charge in [0.1, 0.15) is 18.0 Å². The Labute approximate surface area is 102 Å². The molecule has 1 aliphatic rings. The Bertz CT molecular complexity index is 385. The van der Waals surface area contributed by atoms with E-state index in [4.69, 9.17) is 15.2 Å². The predicted molar refractivity (Wildman–Crippen MR) is 67.2 cm³/mol. The van der Waals surface area contributed by atoms with Gasteiger partial charge in [-0.15, -0.1) is 0 Å². The SMILES string of the molecule is COC1CN(c2ccc(N)c(C)n2)CC1OC. The van der Waals surface area contributed by atoms with Crippen LogP contribution in [0.4, 0.5) is 11.5 Å². The van der Waals surface area contributed by atoms with E-state index in [9.17, 15) is 0 Å². The molecule has 0 spiro atoms. The molecular formula is C12H19N3O2. The van der Waals surface area contributed by atoms with Crippen molar-refractivity contribution in [2.75, 3.05) is 37.9 Å². The molecule has 0 amide bonds. The monoisotopic (exact) mass is 237 g/mol. The molecule has 0 aliphatic carbocycles. The van der Waals surface area contributed by atoms with Gasteiger partial charge in [-0.3, -0.25) is 0 Å². The van der Waals surface area contributed by atoms with E-state index in [1.54, 1.807) is 14.2 Å². The van der Waals surface area contributed by atoms with Crippen molar-refractivity contribution in [1.82, 2.24) is 4.98 Å². The van der Waals surface area contributed by atoms with E-state index in [1.807, 2.05) is 19.1 Å². The third-order valence-electron chi connectivity index (χ3n) is 3.26. The number of nitrogens with zero attached hydrogens (tertiary/aromatic N) is 2. The number of aromatic nitrogens is 1. The molecule has 17 heavy (non-hydrogen) atoms. The Kier molecular flexibility index (Phi) is 3.49. The third-order valence-corrected chi connectivity index (χ3v) is 3.26. The van der Waals surface area contributed by atoms with Crippen molar-refractivity contribution < 1.29 is 9.47 Å². The maximum absolute atomic E-state index is 5.76. The van der Waals surface area contributed by atoms with Gasteiger partial charge in [0.2, 0.25) is 0 Å². The van der Waals surface area contributed by atoms with E-state index >= 15 is 0 Å². The molecule has 5 nitrogen and oxygen atoms in total. The van der Waals surface area contributed by atoms with Crippen LogP contribution in [-0.2, 0) is 9.47 Å². The topological polar surface area (TPSA) is 60.6 Å². The third kappa shape index (κ3) is 2.35. The first kappa shape index (κ1) is 12.1. The quantitative estimate of drug-likeness (QED) is 0.843. The number of anilines is 2. The minimum absolute atomic E-state index is 0.0969. The highest BCUT2D eigenvalue weighted by Gasteiger charge is 2.33. The second-order valence-corrected chi connectivity index (χ2v) is 4.30. The van der Waals surface area contributed by atoms with Crippen LogP contribution in [0.15, 0.2) is 12.1 Å². The summed E-state index contributed by atoms with van der Waals surface area (Å²) in [5, 5.41) is 0. The van der Waals surface area contributed by atoms with Crippen molar-refractivity contribution in [1.29, 1.82) is 0 Å². The molecule has 5 heteroatoms. The minimum atomic E-state index is 0.0969. The number of nitrogens with two attached hydrogens (primary N) is 1. The van der Waals surface area contributed by atoms with Gasteiger partial charge in [0.25, 0.3) is 0 Å². The summed E-state index contributed by atoms with van der Waals surface area (Å²) in [5.74, 6) is 0.929. The van der Waals surface area contributed by atoms with Gasteiger partial charge in [-0.2, -0.15) is 0 Å². The fourth-order valence-electron chi connectivity index (χ4n) is 2.12. The van der Waals surface area contributed by atoms with Crippen LogP contribution in [0.1, 0.15) is 5.69 Å².